The van der Waals surface area contributed by atoms with E-state index >= 15 is 0 Å². The van der Waals surface area contributed by atoms with Crippen LogP contribution in [-0.2, 0) is 14.3 Å². The number of carbonyl (C=O) groups excluding carboxylic acids is 1. The summed E-state index contributed by atoms with van der Waals surface area (Å²) in [6.07, 6.45) is 25.3. The van der Waals surface area contributed by atoms with Crippen molar-refractivity contribution in [1.29, 1.82) is 0 Å². The van der Waals surface area contributed by atoms with Gasteiger partial charge in [-0.1, -0.05) is 161 Å². The van der Waals surface area contributed by atoms with Crippen LogP contribution in [0.3, 0.4) is 0 Å². The fourth-order valence-electron chi connectivity index (χ4n) is 6.33. The SMILES string of the molecule is CCCCCCCCCCCC/C=C/[C@@H](O)[C@H](CO[C@H]1O[C@@H](CO)[C@H](O)C(O)C1O)NC(=O)CCCCCCCCCCCCCCC. The maximum absolute atomic E-state index is 12.9. The number of allylic oxidation sites excluding steroid dienone is 1. The first-order valence-electron chi connectivity index (χ1n) is 19.9. The second kappa shape index (κ2) is 30.7. The minimum Gasteiger partial charge on any atom is -0.394 e. The molecule has 1 aliphatic rings. The van der Waals surface area contributed by atoms with Crippen LogP contribution in [-0.4, -0.2) is 87.5 Å². The maximum atomic E-state index is 12.9. The zero-order valence-corrected chi connectivity index (χ0v) is 30.7. The predicted octanol–water partition coefficient (Wildman–Crippen LogP) is 7.00. The molecule has 0 aromatic heterocycles. The summed E-state index contributed by atoms with van der Waals surface area (Å²) >= 11 is 0. The lowest BCUT2D eigenvalue weighted by molar-refractivity contribution is -0.302. The summed E-state index contributed by atoms with van der Waals surface area (Å²) in [4.78, 5) is 12.9. The molecule has 284 valence electrons. The fraction of sp³-hybridized carbons (Fsp3) is 0.923. The molecule has 1 fully saturated rings. The highest BCUT2D eigenvalue weighted by molar-refractivity contribution is 5.76. The van der Waals surface area contributed by atoms with E-state index in [1.165, 1.54) is 116 Å². The molecule has 0 aromatic rings. The standard InChI is InChI=1S/C39H75NO8/c1-3-5-7-9-11-13-15-17-19-21-23-25-27-29-35(43)40-32(31-47-39-38(46)37(45)36(44)34(30-41)48-39)33(42)28-26-24-22-20-18-16-14-12-10-8-6-4-2/h26,28,32-34,36-39,41-42,44-46H,3-25,27,29-31H2,1-2H3,(H,40,43)/b28-26+/t32-,33+,34-,36-,37?,38?,39-/m0/s1. The average molecular weight is 686 g/mol. The van der Waals surface area contributed by atoms with E-state index in [9.17, 15) is 30.3 Å². The molecule has 0 bridgehead atoms. The van der Waals surface area contributed by atoms with Gasteiger partial charge in [-0.05, 0) is 19.3 Å². The van der Waals surface area contributed by atoms with Crippen LogP contribution >= 0.6 is 0 Å². The Hall–Kier alpha value is -1.07. The number of aliphatic hydroxyl groups is 5. The lowest BCUT2D eigenvalue weighted by Crippen LogP contribution is -2.60. The van der Waals surface area contributed by atoms with Crippen LogP contribution < -0.4 is 5.32 Å². The Labute approximate surface area is 293 Å². The molecule has 2 unspecified atom stereocenters. The second-order valence-corrected chi connectivity index (χ2v) is 14.1. The fourth-order valence-corrected chi connectivity index (χ4v) is 6.33. The monoisotopic (exact) mass is 686 g/mol. The number of nitrogens with one attached hydrogen (secondary N) is 1. The molecule has 0 aromatic carbocycles. The van der Waals surface area contributed by atoms with Crippen molar-refractivity contribution in [3.63, 3.8) is 0 Å². The van der Waals surface area contributed by atoms with Crippen molar-refractivity contribution in [2.24, 2.45) is 0 Å². The van der Waals surface area contributed by atoms with Crippen LogP contribution in [0.15, 0.2) is 12.2 Å². The van der Waals surface area contributed by atoms with Crippen LogP contribution in [0.25, 0.3) is 0 Å². The van der Waals surface area contributed by atoms with Crippen LogP contribution in [0.4, 0.5) is 0 Å². The van der Waals surface area contributed by atoms with Gasteiger partial charge in [0.25, 0.3) is 0 Å². The summed E-state index contributed by atoms with van der Waals surface area (Å²) < 4.78 is 11.2. The lowest BCUT2D eigenvalue weighted by Gasteiger charge is -2.40. The van der Waals surface area contributed by atoms with E-state index in [0.29, 0.717) is 6.42 Å². The minimum absolute atomic E-state index is 0.178. The Balaban J connectivity index is 2.44. The molecule has 1 rings (SSSR count). The summed E-state index contributed by atoms with van der Waals surface area (Å²) in [5.74, 6) is -0.178. The van der Waals surface area contributed by atoms with E-state index in [-0.39, 0.29) is 12.5 Å². The lowest BCUT2D eigenvalue weighted by atomic mass is 9.99. The number of rotatable bonds is 32. The molecular formula is C39H75NO8. The van der Waals surface area contributed by atoms with E-state index in [2.05, 4.69) is 19.2 Å². The van der Waals surface area contributed by atoms with Gasteiger partial charge < -0.3 is 40.3 Å². The summed E-state index contributed by atoms with van der Waals surface area (Å²) in [7, 11) is 0. The number of hydrogen-bond donors (Lipinski definition) is 6. The molecule has 1 saturated heterocycles. The highest BCUT2D eigenvalue weighted by Crippen LogP contribution is 2.22. The molecule has 0 radical (unpaired) electrons. The first-order valence-corrected chi connectivity index (χ1v) is 19.9. The Morgan fingerprint density at radius 1 is 0.688 bits per heavy atom. The molecule has 1 heterocycles. The molecule has 1 aliphatic heterocycles. The predicted molar refractivity (Wildman–Crippen MR) is 194 cm³/mol. The van der Waals surface area contributed by atoms with Gasteiger partial charge in [0.15, 0.2) is 6.29 Å². The average Bonchev–Trinajstić information content (AvgIpc) is 3.08. The summed E-state index contributed by atoms with van der Waals surface area (Å²) in [5.41, 5.74) is 0. The van der Waals surface area contributed by atoms with Crippen molar-refractivity contribution >= 4 is 5.91 Å². The number of aliphatic hydroxyl groups excluding tert-OH is 5. The zero-order chi connectivity index (χ0) is 35.2. The van der Waals surface area contributed by atoms with Crippen LogP contribution in [0.5, 0.6) is 0 Å². The van der Waals surface area contributed by atoms with Crippen molar-refractivity contribution in [1.82, 2.24) is 5.32 Å². The largest absolute Gasteiger partial charge is 0.394 e. The van der Waals surface area contributed by atoms with Crippen LogP contribution in [0.2, 0.25) is 0 Å². The minimum atomic E-state index is -1.56. The highest BCUT2D eigenvalue weighted by Gasteiger charge is 2.44. The van der Waals surface area contributed by atoms with Gasteiger partial charge in [-0.25, -0.2) is 0 Å². The topological polar surface area (TPSA) is 149 Å². The van der Waals surface area contributed by atoms with Gasteiger partial charge in [0.2, 0.25) is 5.91 Å². The van der Waals surface area contributed by atoms with Gasteiger partial charge in [-0.3, -0.25) is 4.79 Å². The van der Waals surface area contributed by atoms with Crippen molar-refractivity contribution < 1.29 is 39.8 Å². The van der Waals surface area contributed by atoms with E-state index in [0.717, 1.165) is 38.5 Å². The Bertz CT molecular complexity index is 766. The molecule has 0 spiro atoms. The molecule has 9 nitrogen and oxygen atoms in total. The first-order chi connectivity index (χ1) is 23.3. The molecule has 0 saturated carbocycles. The maximum Gasteiger partial charge on any atom is 0.220 e. The highest BCUT2D eigenvalue weighted by atomic mass is 16.7. The molecule has 6 N–H and O–H groups in total. The zero-order valence-electron chi connectivity index (χ0n) is 30.7. The molecule has 9 heteroatoms. The third-order valence-electron chi connectivity index (χ3n) is 9.61. The molecule has 7 atom stereocenters. The van der Waals surface area contributed by atoms with Crippen LogP contribution in [0.1, 0.15) is 174 Å². The van der Waals surface area contributed by atoms with Gasteiger partial charge in [0.05, 0.1) is 25.4 Å². The van der Waals surface area contributed by atoms with E-state index in [4.69, 9.17) is 9.47 Å². The Kier molecular flexibility index (Phi) is 28.8. The Morgan fingerprint density at radius 2 is 1.15 bits per heavy atom. The summed E-state index contributed by atoms with van der Waals surface area (Å²) in [5, 5.41) is 53.9. The number of amides is 1. The van der Waals surface area contributed by atoms with E-state index < -0.39 is 49.5 Å². The molecular weight excluding hydrogens is 610 g/mol. The summed E-state index contributed by atoms with van der Waals surface area (Å²) in [6, 6.07) is -0.796. The Morgan fingerprint density at radius 3 is 1.62 bits per heavy atom. The van der Waals surface area contributed by atoms with Gasteiger partial charge >= 0.3 is 0 Å². The van der Waals surface area contributed by atoms with Crippen molar-refractivity contribution in [2.45, 2.75) is 217 Å². The molecule has 1 amide bonds. The molecule has 0 aliphatic carbocycles. The third-order valence-corrected chi connectivity index (χ3v) is 9.61. The number of ether oxygens (including phenoxy) is 2. The second-order valence-electron chi connectivity index (χ2n) is 14.1. The van der Waals surface area contributed by atoms with E-state index in [1.54, 1.807) is 6.08 Å². The van der Waals surface area contributed by atoms with Crippen molar-refractivity contribution in [3.05, 3.63) is 12.2 Å². The van der Waals surface area contributed by atoms with E-state index in [1.807, 2.05) is 6.08 Å². The third kappa shape index (κ3) is 21.9. The normalized spacial score (nSPS) is 22.7. The molecule has 48 heavy (non-hydrogen) atoms. The van der Waals surface area contributed by atoms with Crippen molar-refractivity contribution in [2.75, 3.05) is 13.2 Å². The smallest absolute Gasteiger partial charge is 0.220 e. The number of hydrogen-bond acceptors (Lipinski definition) is 8. The van der Waals surface area contributed by atoms with Gasteiger partial charge in [0, 0.05) is 6.42 Å². The van der Waals surface area contributed by atoms with Gasteiger partial charge in [0.1, 0.15) is 24.4 Å². The number of carbonyl (C=O) groups is 1. The quantitative estimate of drug-likeness (QED) is 0.0328. The van der Waals surface area contributed by atoms with Gasteiger partial charge in [-0.15, -0.1) is 0 Å². The van der Waals surface area contributed by atoms with Crippen LogP contribution in [0, 0.1) is 0 Å². The van der Waals surface area contributed by atoms with Crippen molar-refractivity contribution in [3.8, 4) is 0 Å². The number of unbranched alkanes of at least 4 members (excludes halogenated alkanes) is 22. The first kappa shape index (κ1) is 45.0. The van der Waals surface area contributed by atoms with Gasteiger partial charge in [-0.2, -0.15) is 0 Å². The summed E-state index contributed by atoms with van der Waals surface area (Å²) in [6.45, 7) is 3.74.